The van der Waals surface area contributed by atoms with E-state index in [9.17, 15) is 4.79 Å². The summed E-state index contributed by atoms with van der Waals surface area (Å²) in [5.41, 5.74) is 10.1. The van der Waals surface area contributed by atoms with E-state index in [1.807, 2.05) is 18.3 Å². The molecule has 3 N–H and O–H groups in total. The van der Waals surface area contributed by atoms with Crippen molar-refractivity contribution in [1.82, 2.24) is 30.9 Å². The Morgan fingerprint density at radius 2 is 2.03 bits per heavy atom. The summed E-state index contributed by atoms with van der Waals surface area (Å²) in [5.74, 6) is -0.596. The molecule has 0 amide bonds. The molecule has 10 heteroatoms. The maximum atomic E-state index is 11.1. The normalized spacial score (nSPS) is 16.1. The van der Waals surface area contributed by atoms with Gasteiger partial charge in [0.15, 0.2) is 5.21 Å². The average molecular weight is 568 g/mol. The Bertz CT molecular complexity index is 1280. The minimum Gasteiger partial charge on any atom is -0.478 e. The second-order valence-electron chi connectivity index (χ2n) is 8.19. The van der Waals surface area contributed by atoms with Crippen LogP contribution >= 0.6 is 22.6 Å². The summed E-state index contributed by atoms with van der Waals surface area (Å²) in [5, 5.41) is 21.8. The number of H-pyrrole nitrogens is 1. The van der Waals surface area contributed by atoms with E-state index in [-0.39, 0.29) is 0 Å². The number of tetrazole rings is 1. The van der Waals surface area contributed by atoms with Crippen molar-refractivity contribution in [2.24, 2.45) is 0 Å². The molecule has 1 unspecified atom stereocenters. The highest BCUT2D eigenvalue weighted by atomic mass is 127. The maximum absolute atomic E-state index is 11.1. The number of carboxylic acids is 1. The lowest BCUT2D eigenvalue weighted by atomic mass is 9.99. The Hall–Kier alpha value is -3.22. The van der Waals surface area contributed by atoms with Gasteiger partial charge in [-0.05, 0) is 41.5 Å². The lowest BCUT2D eigenvalue weighted by Gasteiger charge is -2.16. The number of benzene rings is 2. The molecule has 34 heavy (non-hydrogen) atoms. The second kappa shape index (κ2) is 9.95. The van der Waals surface area contributed by atoms with Crippen LogP contribution in [0, 0.1) is 0 Å². The number of carboxylic acid groups (broad SMARTS) is 1. The van der Waals surface area contributed by atoms with Gasteiger partial charge >= 0.3 is 5.97 Å². The number of aromatic amines is 1. The molecular formula is C24H23IN7O2+. The van der Waals surface area contributed by atoms with Gasteiger partial charge in [0.05, 0.1) is 17.8 Å². The molecule has 3 heterocycles. The number of aromatic nitrogens is 5. The molecule has 0 radical (unpaired) electrons. The van der Waals surface area contributed by atoms with Crippen LogP contribution in [0.1, 0.15) is 33.1 Å². The van der Waals surface area contributed by atoms with Gasteiger partial charge in [-0.3, -0.25) is 10.4 Å². The third-order valence-corrected chi connectivity index (χ3v) is 6.85. The molecule has 1 saturated heterocycles. The van der Waals surface area contributed by atoms with Gasteiger partial charge in [0.25, 0.3) is 6.33 Å². The zero-order chi connectivity index (χ0) is 23.5. The first-order valence-corrected chi connectivity index (χ1v) is 12.4. The van der Waals surface area contributed by atoms with Crippen LogP contribution in [-0.2, 0) is 11.0 Å². The summed E-state index contributed by atoms with van der Waals surface area (Å²) >= 11 is 2.36. The highest BCUT2D eigenvalue weighted by molar-refractivity contribution is 14.1. The van der Waals surface area contributed by atoms with Crippen LogP contribution in [0.3, 0.4) is 0 Å². The topological polar surface area (TPSA) is 111 Å². The smallest absolute Gasteiger partial charge is 0.335 e. The van der Waals surface area contributed by atoms with Crippen LogP contribution in [0.25, 0.3) is 16.8 Å². The van der Waals surface area contributed by atoms with Crippen LogP contribution in [0.5, 0.6) is 0 Å². The molecule has 4 aromatic rings. The van der Waals surface area contributed by atoms with Crippen molar-refractivity contribution >= 4 is 28.6 Å². The van der Waals surface area contributed by atoms with Gasteiger partial charge in [0.2, 0.25) is 0 Å². The minimum atomic E-state index is -0.903. The van der Waals surface area contributed by atoms with E-state index in [0.717, 1.165) is 45.6 Å². The van der Waals surface area contributed by atoms with Gasteiger partial charge in [0.1, 0.15) is 10.8 Å². The van der Waals surface area contributed by atoms with Gasteiger partial charge < -0.3 is 5.11 Å². The molecule has 9 nitrogen and oxygen atoms in total. The van der Waals surface area contributed by atoms with Crippen molar-refractivity contribution in [2.75, 3.05) is 13.1 Å². The van der Waals surface area contributed by atoms with Crippen LogP contribution in [0.4, 0.5) is 0 Å². The van der Waals surface area contributed by atoms with Crippen molar-refractivity contribution in [2.45, 2.75) is 16.9 Å². The Morgan fingerprint density at radius 3 is 2.71 bits per heavy atom. The number of nitrogens with one attached hydrogen (secondary N) is 2. The number of halogens is 1. The Balaban J connectivity index is 1.29. The van der Waals surface area contributed by atoms with Crippen LogP contribution in [0.15, 0.2) is 67.1 Å². The summed E-state index contributed by atoms with van der Waals surface area (Å²) in [4.78, 5) is 15.8. The zero-order valence-corrected chi connectivity index (χ0v) is 20.4. The third-order valence-electron chi connectivity index (χ3n) is 5.97. The number of hydrogen-bond acceptors (Lipinski definition) is 6. The lowest BCUT2D eigenvalue weighted by Crippen LogP contribution is -2.32. The van der Waals surface area contributed by atoms with Crippen LogP contribution in [0.2, 0.25) is 0 Å². The highest BCUT2D eigenvalue weighted by Crippen LogP contribution is 2.27. The van der Waals surface area contributed by atoms with Crippen molar-refractivity contribution in [3.63, 3.8) is 0 Å². The SMILES string of the molecule is O=C(O)c1ccc(C2CNN(Cc3ccc(-c4cc(CI)ccc4-[n+]4cnn[nH]4)cn3)C2)cc1. The number of alkyl halides is 1. The number of carbonyl (C=O) groups is 1. The number of hydrazine groups is 1. The molecule has 2 aromatic carbocycles. The molecule has 172 valence electrons. The summed E-state index contributed by atoms with van der Waals surface area (Å²) in [7, 11) is 0. The first kappa shape index (κ1) is 22.6. The van der Waals surface area contributed by atoms with E-state index in [0.29, 0.717) is 18.0 Å². The van der Waals surface area contributed by atoms with Gasteiger partial charge in [-0.15, -0.1) is 4.68 Å². The Labute approximate surface area is 209 Å². The lowest BCUT2D eigenvalue weighted by molar-refractivity contribution is -0.659. The van der Waals surface area contributed by atoms with Crippen LogP contribution < -0.4 is 10.1 Å². The van der Waals surface area contributed by atoms with E-state index >= 15 is 0 Å². The Morgan fingerprint density at radius 1 is 1.18 bits per heavy atom. The van der Waals surface area contributed by atoms with Crippen molar-refractivity contribution < 1.29 is 14.6 Å². The van der Waals surface area contributed by atoms with Gasteiger partial charge in [0, 0.05) is 40.8 Å². The number of aromatic carboxylic acids is 1. The van der Waals surface area contributed by atoms with E-state index in [1.54, 1.807) is 23.1 Å². The molecule has 0 spiro atoms. The van der Waals surface area contributed by atoms with Gasteiger partial charge in [-0.25, -0.2) is 9.80 Å². The monoisotopic (exact) mass is 568 g/mol. The molecule has 1 aliphatic rings. The first-order valence-electron chi connectivity index (χ1n) is 10.8. The summed E-state index contributed by atoms with van der Waals surface area (Å²) in [6.07, 6.45) is 3.56. The Kier molecular flexibility index (Phi) is 6.61. The average Bonchev–Trinajstić information content (AvgIpc) is 3.57. The van der Waals surface area contributed by atoms with E-state index in [2.05, 4.69) is 78.9 Å². The second-order valence-corrected chi connectivity index (χ2v) is 8.95. The molecule has 0 saturated carbocycles. The van der Waals surface area contributed by atoms with Gasteiger partial charge in [-0.1, -0.05) is 52.1 Å². The fourth-order valence-electron chi connectivity index (χ4n) is 4.15. The number of nitrogens with zero attached hydrogens (tertiary/aromatic N) is 5. The van der Waals surface area contributed by atoms with Gasteiger partial charge in [-0.2, -0.15) is 0 Å². The van der Waals surface area contributed by atoms with Crippen molar-refractivity contribution in [3.8, 4) is 16.8 Å². The maximum Gasteiger partial charge on any atom is 0.335 e. The van der Waals surface area contributed by atoms with E-state index in [4.69, 9.17) is 10.1 Å². The molecule has 5 rings (SSSR count). The molecule has 1 fully saturated rings. The fourth-order valence-corrected chi connectivity index (χ4v) is 4.62. The number of rotatable bonds is 7. The largest absolute Gasteiger partial charge is 0.478 e. The predicted molar refractivity (Wildman–Crippen MR) is 133 cm³/mol. The summed E-state index contributed by atoms with van der Waals surface area (Å²) in [6.45, 7) is 2.33. The number of hydrogen-bond donors (Lipinski definition) is 3. The summed E-state index contributed by atoms with van der Waals surface area (Å²) < 4.78 is 2.71. The molecule has 1 atom stereocenters. The van der Waals surface area contributed by atoms with Crippen LogP contribution in [-0.4, -0.2) is 49.7 Å². The van der Waals surface area contributed by atoms with Crippen molar-refractivity contribution in [3.05, 3.63) is 89.5 Å². The quantitative estimate of drug-likeness (QED) is 0.179. The number of pyridine rings is 1. The zero-order valence-electron chi connectivity index (χ0n) is 18.2. The standard InChI is InChI=1S/C24H22IN7O2/c25-10-16-1-8-23(32-15-27-29-30-32)22(9-16)19-6-7-21(26-11-19)14-31-13-20(12-28-31)17-2-4-18(5-3-17)24(33)34/h1-9,11,15,20,28H,10,12-14H2,(H,33,34)/p+1. The molecule has 0 aliphatic carbocycles. The third kappa shape index (κ3) is 4.83. The summed E-state index contributed by atoms with van der Waals surface area (Å²) in [6, 6.07) is 17.6. The first-order chi connectivity index (χ1) is 16.6. The molecule has 2 aromatic heterocycles. The van der Waals surface area contributed by atoms with E-state index < -0.39 is 5.97 Å². The molecular weight excluding hydrogens is 545 g/mol. The molecule has 1 aliphatic heterocycles. The van der Waals surface area contributed by atoms with Crippen molar-refractivity contribution in [1.29, 1.82) is 0 Å². The fraction of sp³-hybridized carbons (Fsp3) is 0.208. The van der Waals surface area contributed by atoms with E-state index in [1.165, 1.54) is 5.56 Å². The highest BCUT2D eigenvalue weighted by Gasteiger charge is 2.24. The molecule has 0 bridgehead atoms. The minimum absolute atomic E-state index is 0.306. The predicted octanol–water partition coefficient (Wildman–Crippen LogP) is 2.88.